The number of sulfonamides is 1. The Labute approximate surface area is 153 Å². The lowest BCUT2D eigenvalue weighted by atomic mass is 10.2. The van der Waals surface area contributed by atoms with Gasteiger partial charge < -0.3 is 4.42 Å². The molecule has 1 saturated carbocycles. The highest BCUT2D eigenvalue weighted by Crippen LogP contribution is 2.40. The molecule has 0 bridgehead atoms. The first kappa shape index (κ1) is 16.6. The van der Waals surface area contributed by atoms with Crippen molar-refractivity contribution >= 4 is 38.6 Å². The number of aromatic nitrogens is 2. The van der Waals surface area contributed by atoms with Gasteiger partial charge in [0.2, 0.25) is 11.8 Å². The van der Waals surface area contributed by atoms with Crippen LogP contribution in [0.25, 0.3) is 11.5 Å². The third-order valence-corrected chi connectivity index (χ3v) is 7.11. The van der Waals surface area contributed by atoms with E-state index in [1.807, 2.05) is 6.92 Å². The molecule has 130 valence electrons. The number of anilines is 1. The number of nitrogens with one attached hydrogen (secondary N) is 1. The van der Waals surface area contributed by atoms with Crippen LogP contribution in [-0.4, -0.2) is 18.6 Å². The minimum Gasteiger partial charge on any atom is -0.420 e. The van der Waals surface area contributed by atoms with Crippen LogP contribution in [0, 0.1) is 6.92 Å². The predicted molar refractivity (Wildman–Crippen MR) is 96.6 cm³/mol. The van der Waals surface area contributed by atoms with Gasteiger partial charge in [0, 0.05) is 16.3 Å². The number of rotatable bonds is 5. The van der Waals surface area contributed by atoms with Crippen molar-refractivity contribution in [1.82, 2.24) is 10.2 Å². The molecule has 2 heterocycles. The maximum atomic E-state index is 12.6. The van der Waals surface area contributed by atoms with E-state index in [2.05, 4.69) is 14.9 Å². The van der Waals surface area contributed by atoms with E-state index in [1.165, 1.54) is 6.07 Å². The maximum Gasteiger partial charge on any atom is 0.271 e. The molecule has 4 rings (SSSR count). The lowest BCUT2D eigenvalue weighted by Gasteiger charge is -2.07. The molecule has 1 aliphatic carbocycles. The number of benzene rings is 1. The van der Waals surface area contributed by atoms with Gasteiger partial charge in [-0.3, -0.25) is 4.72 Å². The zero-order valence-corrected chi connectivity index (χ0v) is 15.6. The van der Waals surface area contributed by atoms with Gasteiger partial charge in [-0.15, -0.1) is 21.5 Å². The summed E-state index contributed by atoms with van der Waals surface area (Å²) < 4.78 is 33.4. The highest BCUT2D eigenvalue weighted by molar-refractivity contribution is 7.94. The molecule has 9 heteroatoms. The molecular formula is C16H14ClN3O3S2. The second-order valence-corrected chi connectivity index (χ2v) is 9.17. The van der Waals surface area contributed by atoms with Crippen LogP contribution >= 0.6 is 22.9 Å². The fraction of sp³-hybridized carbons (Fsp3) is 0.250. The van der Waals surface area contributed by atoms with E-state index in [0.717, 1.165) is 29.7 Å². The summed E-state index contributed by atoms with van der Waals surface area (Å²) in [6.45, 7) is 1.85. The van der Waals surface area contributed by atoms with Crippen LogP contribution in [0.1, 0.15) is 30.2 Å². The van der Waals surface area contributed by atoms with Crippen molar-refractivity contribution in [1.29, 1.82) is 0 Å². The van der Waals surface area contributed by atoms with Crippen molar-refractivity contribution < 1.29 is 12.8 Å². The summed E-state index contributed by atoms with van der Waals surface area (Å²) in [5.41, 5.74) is 1.90. The summed E-state index contributed by atoms with van der Waals surface area (Å²) in [5.74, 6) is 1.33. The van der Waals surface area contributed by atoms with Crippen molar-refractivity contribution in [2.24, 2.45) is 0 Å². The number of halogens is 1. The Morgan fingerprint density at radius 3 is 2.80 bits per heavy atom. The normalized spacial score (nSPS) is 14.6. The average Bonchev–Trinajstić information content (AvgIpc) is 3.10. The van der Waals surface area contributed by atoms with Crippen LogP contribution in [0.15, 0.2) is 38.3 Å². The second kappa shape index (κ2) is 6.12. The van der Waals surface area contributed by atoms with E-state index < -0.39 is 10.0 Å². The molecule has 1 aromatic carbocycles. The van der Waals surface area contributed by atoms with Crippen molar-refractivity contribution in [3.8, 4) is 11.5 Å². The van der Waals surface area contributed by atoms with Gasteiger partial charge in [-0.05, 0) is 43.5 Å². The van der Waals surface area contributed by atoms with Gasteiger partial charge in [-0.2, -0.15) is 0 Å². The maximum absolute atomic E-state index is 12.6. The Bertz CT molecular complexity index is 1040. The standard InChI is InChI=1S/C16H14ClN3O3S2/c1-9-2-5-12(7-13(9)17)20-25(21,22)14-6-11(8-24-14)16-19-18-15(23-16)10-3-4-10/h2,5-8,10,20H,3-4H2,1H3. The number of hydrogen-bond acceptors (Lipinski definition) is 6. The molecule has 0 atom stereocenters. The molecule has 0 saturated heterocycles. The highest BCUT2D eigenvalue weighted by Gasteiger charge is 2.30. The summed E-state index contributed by atoms with van der Waals surface area (Å²) in [6.07, 6.45) is 2.13. The first-order valence-electron chi connectivity index (χ1n) is 7.64. The summed E-state index contributed by atoms with van der Waals surface area (Å²) in [5, 5.41) is 10.2. The minimum atomic E-state index is -3.71. The van der Waals surface area contributed by atoms with Crippen molar-refractivity contribution in [2.75, 3.05) is 4.72 Å². The van der Waals surface area contributed by atoms with Crippen LogP contribution in [0.2, 0.25) is 5.02 Å². The van der Waals surface area contributed by atoms with E-state index in [9.17, 15) is 8.42 Å². The first-order valence-corrected chi connectivity index (χ1v) is 10.4. The van der Waals surface area contributed by atoms with Gasteiger partial charge in [0.1, 0.15) is 4.21 Å². The van der Waals surface area contributed by atoms with Crippen LogP contribution in [0.4, 0.5) is 5.69 Å². The van der Waals surface area contributed by atoms with E-state index in [1.54, 1.807) is 23.6 Å². The zero-order chi connectivity index (χ0) is 17.6. The molecule has 25 heavy (non-hydrogen) atoms. The van der Waals surface area contributed by atoms with Gasteiger partial charge in [0.15, 0.2) is 0 Å². The Balaban J connectivity index is 1.57. The molecular weight excluding hydrogens is 382 g/mol. The molecule has 0 spiro atoms. The average molecular weight is 396 g/mol. The van der Waals surface area contributed by atoms with Crippen molar-refractivity contribution in [3.63, 3.8) is 0 Å². The number of aryl methyl sites for hydroxylation is 1. The molecule has 0 radical (unpaired) electrons. The smallest absolute Gasteiger partial charge is 0.271 e. The predicted octanol–water partition coefficient (Wildman–Crippen LogP) is 4.44. The second-order valence-electron chi connectivity index (χ2n) is 5.94. The largest absolute Gasteiger partial charge is 0.420 e. The fourth-order valence-corrected chi connectivity index (χ4v) is 4.66. The monoisotopic (exact) mass is 395 g/mol. The SMILES string of the molecule is Cc1ccc(NS(=O)(=O)c2cc(-c3nnc(C4CC4)o3)cs2)cc1Cl. The molecule has 0 aliphatic heterocycles. The lowest BCUT2D eigenvalue weighted by Crippen LogP contribution is -2.11. The molecule has 6 nitrogen and oxygen atoms in total. The molecule has 3 aromatic rings. The van der Waals surface area contributed by atoms with E-state index in [4.69, 9.17) is 16.0 Å². The third kappa shape index (κ3) is 3.42. The third-order valence-electron chi connectivity index (χ3n) is 3.88. The summed E-state index contributed by atoms with van der Waals surface area (Å²) in [4.78, 5) is 0. The van der Waals surface area contributed by atoms with Gasteiger partial charge in [-0.25, -0.2) is 8.42 Å². The minimum absolute atomic E-state index is 0.172. The van der Waals surface area contributed by atoms with Crippen LogP contribution in [0.5, 0.6) is 0 Å². The quantitative estimate of drug-likeness (QED) is 0.690. The number of thiophene rings is 1. The van der Waals surface area contributed by atoms with Crippen molar-refractivity contribution in [2.45, 2.75) is 29.9 Å². The summed E-state index contributed by atoms with van der Waals surface area (Å²) in [7, 11) is -3.71. The molecule has 0 amide bonds. The molecule has 2 aromatic heterocycles. The zero-order valence-electron chi connectivity index (χ0n) is 13.2. The Kier molecular flexibility index (Phi) is 4.05. The number of nitrogens with zero attached hydrogens (tertiary/aromatic N) is 2. The fourth-order valence-electron chi connectivity index (χ4n) is 2.28. The molecule has 1 aliphatic rings. The Morgan fingerprint density at radius 1 is 1.28 bits per heavy atom. The topological polar surface area (TPSA) is 85.1 Å². The highest BCUT2D eigenvalue weighted by atomic mass is 35.5. The van der Waals surface area contributed by atoms with Gasteiger partial charge in [0.25, 0.3) is 10.0 Å². The van der Waals surface area contributed by atoms with Crippen molar-refractivity contribution in [3.05, 3.63) is 46.1 Å². The number of hydrogen-bond donors (Lipinski definition) is 1. The summed E-state index contributed by atoms with van der Waals surface area (Å²) >= 11 is 7.15. The Morgan fingerprint density at radius 2 is 2.08 bits per heavy atom. The molecule has 0 unspecified atom stereocenters. The van der Waals surface area contributed by atoms with E-state index in [-0.39, 0.29) is 4.21 Å². The van der Waals surface area contributed by atoms with Crippen LogP contribution in [-0.2, 0) is 10.0 Å². The summed E-state index contributed by atoms with van der Waals surface area (Å²) in [6, 6.07) is 6.56. The van der Waals surface area contributed by atoms with Crippen LogP contribution in [0.3, 0.4) is 0 Å². The Hall–Kier alpha value is -1.90. The van der Waals surface area contributed by atoms with E-state index in [0.29, 0.717) is 34.0 Å². The van der Waals surface area contributed by atoms with Gasteiger partial charge >= 0.3 is 0 Å². The van der Waals surface area contributed by atoms with Crippen LogP contribution < -0.4 is 4.72 Å². The first-order chi connectivity index (χ1) is 11.9. The molecule has 1 N–H and O–H groups in total. The molecule has 1 fully saturated rings. The van der Waals surface area contributed by atoms with Gasteiger partial charge in [0.05, 0.1) is 11.3 Å². The van der Waals surface area contributed by atoms with Gasteiger partial charge in [-0.1, -0.05) is 17.7 Å². The lowest BCUT2D eigenvalue weighted by molar-refractivity contribution is 0.508. The van der Waals surface area contributed by atoms with E-state index >= 15 is 0 Å².